The molecule has 0 saturated carbocycles. The van der Waals surface area contributed by atoms with Crippen molar-refractivity contribution in [2.45, 2.75) is 6.68 Å². The summed E-state index contributed by atoms with van der Waals surface area (Å²) in [5, 5.41) is 0. The smallest absolute Gasteiger partial charge is 0.379 e. The maximum atomic E-state index is 9.67. The Balaban J connectivity index is 0.000000297. The van der Waals surface area contributed by atoms with Gasteiger partial charge in [-0.3, -0.25) is 0 Å². The summed E-state index contributed by atoms with van der Waals surface area (Å²) in [7, 11) is 0. The molecule has 0 amide bonds. The number of oxazole rings is 1. The van der Waals surface area contributed by atoms with Gasteiger partial charge in [0.25, 0.3) is 0 Å². The molecule has 1 aromatic heterocycles. The van der Waals surface area contributed by atoms with Crippen molar-refractivity contribution in [1.29, 1.82) is 0 Å². The third kappa shape index (κ3) is 3.58. The van der Waals surface area contributed by atoms with Crippen LogP contribution in [0.5, 0.6) is 0 Å². The second-order valence-corrected chi connectivity index (χ2v) is 3.60. The molecule has 0 fully saturated rings. The van der Waals surface area contributed by atoms with Crippen LogP contribution in [0.1, 0.15) is 0 Å². The molecule has 5 heteroatoms. The Morgan fingerprint density at radius 2 is 1.42 bits per heavy atom. The predicted octanol–water partition coefficient (Wildman–Crippen LogP) is 4.67. The number of hydrogen-bond acceptors (Lipinski definition) is 2. The molecule has 0 aliphatic rings. The quantitative estimate of drug-likeness (QED) is 0.638. The minimum absolute atomic E-state index is 0.678. The van der Waals surface area contributed by atoms with Gasteiger partial charge in [-0.05, 0) is 24.3 Å². The molecule has 3 aromatic rings. The van der Waals surface area contributed by atoms with Gasteiger partial charge in [-0.25, -0.2) is 4.98 Å². The minimum atomic E-state index is -3.67. The van der Waals surface area contributed by atoms with E-state index < -0.39 is 6.68 Å². The zero-order valence-corrected chi connectivity index (χ0v) is 9.76. The highest BCUT2D eigenvalue weighted by Crippen LogP contribution is 2.23. The van der Waals surface area contributed by atoms with E-state index in [2.05, 4.69) is 4.98 Å². The lowest BCUT2D eigenvalue weighted by Crippen LogP contribution is -1.74. The van der Waals surface area contributed by atoms with Crippen molar-refractivity contribution in [2.75, 3.05) is 0 Å². The summed E-state index contributed by atoms with van der Waals surface area (Å²) in [5.41, 5.74) is 2.74. The largest absolute Gasteiger partial charge is 0.436 e. The Labute approximate surface area is 107 Å². The highest BCUT2D eigenvalue weighted by atomic mass is 19.4. The fourth-order valence-corrected chi connectivity index (χ4v) is 1.58. The number of halogens is 3. The lowest BCUT2D eigenvalue weighted by Gasteiger charge is -1.91. The third-order valence-corrected chi connectivity index (χ3v) is 2.31. The number of fused-ring (bicyclic) bond motifs is 1. The van der Waals surface area contributed by atoms with Gasteiger partial charge in [0.15, 0.2) is 5.58 Å². The number of alkyl halides is 3. The summed E-state index contributed by atoms with van der Waals surface area (Å²) in [6, 6.07) is 17.7. The van der Waals surface area contributed by atoms with Crippen LogP contribution < -0.4 is 0 Å². The zero-order chi connectivity index (χ0) is 13.7. The minimum Gasteiger partial charge on any atom is -0.436 e. The fraction of sp³-hybridized carbons (Fsp3) is 0.0714. The summed E-state index contributed by atoms with van der Waals surface area (Å²) < 4.78 is 34.6. The van der Waals surface area contributed by atoms with Gasteiger partial charge in [-0.1, -0.05) is 30.3 Å². The van der Waals surface area contributed by atoms with Gasteiger partial charge in [-0.2, -0.15) is 13.2 Å². The van der Waals surface area contributed by atoms with E-state index in [4.69, 9.17) is 4.42 Å². The molecule has 0 spiro atoms. The Morgan fingerprint density at radius 1 is 0.842 bits per heavy atom. The molecule has 0 bridgehead atoms. The van der Waals surface area contributed by atoms with E-state index in [1.807, 2.05) is 54.6 Å². The Bertz CT molecular complexity index is 601. The number of aromatic nitrogens is 1. The molecule has 2 aromatic carbocycles. The van der Waals surface area contributed by atoms with Crippen molar-refractivity contribution in [3.8, 4) is 11.5 Å². The van der Waals surface area contributed by atoms with Crippen LogP contribution in [-0.2, 0) is 0 Å². The van der Waals surface area contributed by atoms with Gasteiger partial charge in [-0.15, -0.1) is 0 Å². The van der Waals surface area contributed by atoms with Crippen molar-refractivity contribution in [2.24, 2.45) is 0 Å². The Hall–Kier alpha value is -2.30. The summed E-state index contributed by atoms with van der Waals surface area (Å²) in [4.78, 5) is 4.42. The van der Waals surface area contributed by atoms with Crippen molar-refractivity contribution in [1.82, 2.24) is 4.98 Å². The van der Waals surface area contributed by atoms with E-state index in [9.17, 15) is 13.2 Å². The molecule has 98 valence electrons. The second-order valence-electron chi connectivity index (χ2n) is 3.60. The Morgan fingerprint density at radius 3 is 2.05 bits per heavy atom. The van der Waals surface area contributed by atoms with Crippen LogP contribution in [0.2, 0.25) is 0 Å². The normalized spacial score (nSPS) is 10.3. The van der Waals surface area contributed by atoms with E-state index in [0.717, 1.165) is 16.7 Å². The highest BCUT2D eigenvalue weighted by molar-refractivity contribution is 5.75. The van der Waals surface area contributed by atoms with Gasteiger partial charge in [0, 0.05) is 5.56 Å². The standard InChI is InChI=1S/C13H9NO.CHF3/c1-2-6-10(7-3-1)13-14-11-8-4-5-9-12(11)15-13;2-1(3)4/h1-9H;1H. The first-order valence-electron chi connectivity index (χ1n) is 5.50. The van der Waals surface area contributed by atoms with Crippen LogP contribution in [0.4, 0.5) is 13.2 Å². The van der Waals surface area contributed by atoms with Crippen LogP contribution in [0.25, 0.3) is 22.6 Å². The molecule has 2 nitrogen and oxygen atoms in total. The van der Waals surface area contributed by atoms with Gasteiger partial charge in [0.1, 0.15) is 5.52 Å². The highest BCUT2D eigenvalue weighted by Gasteiger charge is 2.05. The molecule has 1 heterocycles. The van der Waals surface area contributed by atoms with E-state index in [1.54, 1.807) is 0 Å². The SMILES string of the molecule is FC(F)F.c1ccc(-c2nc3ccccc3o2)cc1. The van der Waals surface area contributed by atoms with Crippen LogP contribution >= 0.6 is 0 Å². The zero-order valence-electron chi connectivity index (χ0n) is 9.76. The van der Waals surface area contributed by atoms with Crippen molar-refractivity contribution in [3.05, 3.63) is 54.6 Å². The number of nitrogens with zero attached hydrogens (tertiary/aromatic N) is 1. The monoisotopic (exact) mass is 265 g/mol. The number of hydrogen-bond donors (Lipinski definition) is 0. The molecule has 0 atom stereocenters. The molecule has 0 N–H and O–H groups in total. The van der Waals surface area contributed by atoms with E-state index in [-0.39, 0.29) is 0 Å². The van der Waals surface area contributed by atoms with Gasteiger partial charge < -0.3 is 4.42 Å². The molecule has 19 heavy (non-hydrogen) atoms. The van der Waals surface area contributed by atoms with E-state index in [1.165, 1.54) is 0 Å². The van der Waals surface area contributed by atoms with Crippen molar-refractivity contribution >= 4 is 11.1 Å². The third-order valence-electron chi connectivity index (χ3n) is 2.31. The maximum absolute atomic E-state index is 9.67. The summed E-state index contributed by atoms with van der Waals surface area (Å²) >= 11 is 0. The number of rotatable bonds is 1. The van der Waals surface area contributed by atoms with Crippen molar-refractivity contribution < 1.29 is 17.6 Å². The molecular weight excluding hydrogens is 255 g/mol. The summed E-state index contributed by atoms with van der Waals surface area (Å²) in [5.74, 6) is 0.678. The number of benzene rings is 2. The molecule has 3 rings (SSSR count). The van der Waals surface area contributed by atoms with Gasteiger partial charge in [0.2, 0.25) is 5.89 Å². The average Bonchev–Trinajstić information content (AvgIpc) is 2.83. The van der Waals surface area contributed by atoms with E-state index >= 15 is 0 Å². The van der Waals surface area contributed by atoms with Crippen LogP contribution in [0.3, 0.4) is 0 Å². The van der Waals surface area contributed by atoms with Gasteiger partial charge in [0.05, 0.1) is 0 Å². The van der Waals surface area contributed by atoms with Crippen LogP contribution in [0, 0.1) is 0 Å². The Kier molecular flexibility index (Phi) is 4.18. The van der Waals surface area contributed by atoms with Crippen LogP contribution in [0.15, 0.2) is 59.0 Å². The van der Waals surface area contributed by atoms with E-state index in [0.29, 0.717) is 5.89 Å². The molecular formula is C14H10F3NO. The molecule has 0 aliphatic carbocycles. The average molecular weight is 265 g/mol. The predicted molar refractivity (Wildman–Crippen MR) is 66.6 cm³/mol. The van der Waals surface area contributed by atoms with Crippen LogP contribution in [-0.4, -0.2) is 11.7 Å². The first-order chi connectivity index (χ1) is 9.16. The van der Waals surface area contributed by atoms with Gasteiger partial charge >= 0.3 is 6.68 Å². The lowest BCUT2D eigenvalue weighted by molar-refractivity contribution is 0.00819. The summed E-state index contributed by atoms with van der Waals surface area (Å²) in [6.45, 7) is -3.67. The lowest BCUT2D eigenvalue weighted by atomic mass is 10.2. The first kappa shape index (κ1) is 13.1. The molecule has 0 aliphatic heterocycles. The first-order valence-corrected chi connectivity index (χ1v) is 5.50. The molecule has 0 saturated heterocycles. The van der Waals surface area contributed by atoms with Crippen molar-refractivity contribution in [3.63, 3.8) is 0 Å². The molecule has 0 radical (unpaired) electrons. The summed E-state index contributed by atoms with van der Waals surface area (Å²) in [6.07, 6.45) is 0. The fourth-order valence-electron chi connectivity index (χ4n) is 1.58. The second kappa shape index (κ2) is 6.04. The number of para-hydroxylation sites is 2. The topological polar surface area (TPSA) is 26.0 Å². The maximum Gasteiger partial charge on any atom is 0.379 e. The molecule has 0 unspecified atom stereocenters.